The van der Waals surface area contributed by atoms with E-state index in [0.717, 1.165) is 42.0 Å². The molecule has 0 radical (unpaired) electrons. The summed E-state index contributed by atoms with van der Waals surface area (Å²) >= 11 is 0. The van der Waals surface area contributed by atoms with E-state index < -0.39 is 0 Å². The molecule has 1 aromatic heterocycles. The van der Waals surface area contributed by atoms with Crippen molar-refractivity contribution in [2.45, 2.75) is 40.2 Å². The van der Waals surface area contributed by atoms with Gasteiger partial charge in [0.05, 0.1) is 11.4 Å². The van der Waals surface area contributed by atoms with Crippen LogP contribution in [0.2, 0.25) is 0 Å². The Morgan fingerprint density at radius 1 is 1.25 bits per heavy atom. The molecule has 1 saturated heterocycles. The lowest BCUT2D eigenvalue weighted by molar-refractivity contribution is 0.187. The Balaban J connectivity index is 1.55. The first-order valence-electron chi connectivity index (χ1n) is 10.3. The van der Waals surface area contributed by atoms with E-state index in [4.69, 9.17) is 0 Å². The summed E-state index contributed by atoms with van der Waals surface area (Å²) in [6.07, 6.45) is 2.68. The lowest BCUT2D eigenvalue weighted by atomic mass is 10.0. The predicted octanol–water partition coefficient (Wildman–Crippen LogP) is 2.89. The fraction of sp³-hybridized carbons (Fsp3) is 0.545. The van der Waals surface area contributed by atoms with Gasteiger partial charge in [-0.3, -0.25) is 4.99 Å². The minimum atomic E-state index is 0.703. The van der Waals surface area contributed by atoms with Gasteiger partial charge in [-0.25, -0.2) is 4.68 Å². The van der Waals surface area contributed by atoms with Gasteiger partial charge in [-0.05, 0) is 56.8 Å². The number of aryl methyl sites for hydroxylation is 2. The van der Waals surface area contributed by atoms with Crippen molar-refractivity contribution in [1.29, 1.82) is 0 Å². The summed E-state index contributed by atoms with van der Waals surface area (Å²) in [6, 6.07) is 10.5. The Labute approximate surface area is 169 Å². The Hall–Kier alpha value is -2.34. The van der Waals surface area contributed by atoms with Gasteiger partial charge in [0.15, 0.2) is 5.96 Å². The van der Waals surface area contributed by atoms with E-state index in [-0.39, 0.29) is 0 Å². The first-order chi connectivity index (χ1) is 13.6. The zero-order valence-corrected chi connectivity index (χ0v) is 17.7. The highest BCUT2D eigenvalue weighted by Gasteiger charge is 2.15. The molecule has 1 atom stereocenters. The highest BCUT2D eigenvalue weighted by atomic mass is 15.3. The second-order valence-corrected chi connectivity index (χ2v) is 7.87. The fourth-order valence-corrected chi connectivity index (χ4v) is 3.96. The summed E-state index contributed by atoms with van der Waals surface area (Å²) < 4.78 is 2.01. The number of likely N-dealkylation sites (tertiary alicyclic amines) is 1. The molecule has 6 nitrogen and oxygen atoms in total. The first kappa shape index (κ1) is 20.4. The van der Waals surface area contributed by atoms with Crippen molar-refractivity contribution in [3.05, 3.63) is 47.3 Å². The van der Waals surface area contributed by atoms with Crippen LogP contribution in [0.15, 0.2) is 35.3 Å². The van der Waals surface area contributed by atoms with Crippen LogP contribution in [-0.4, -0.2) is 53.9 Å². The van der Waals surface area contributed by atoms with Gasteiger partial charge in [0.25, 0.3) is 0 Å². The van der Waals surface area contributed by atoms with Gasteiger partial charge in [0.1, 0.15) is 0 Å². The molecule has 2 heterocycles. The van der Waals surface area contributed by atoms with E-state index in [9.17, 15) is 0 Å². The van der Waals surface area contributed by atoms with Crippen molar-refractivity contribution in [2.24, 2.45) is 10.9 Å². The van der Waals surface area contributed by atoms with Crippen LogP contribution < -0.4 is 10.6 Å². The molecule has 1 aliphatic heterocycles. The lowest BCUT2D eigenvalue weighted by Gasteiger charge is -2.30. The summed E-state index contributed by atoms with van der Waals surface area (Å²) in [7, 11) is 1.82. The van der Waals surface area contributed by atoms with Crippen molar-refractivity contribution >= 4 is 5.96 Å². The number of guanidine groups is 1. The Kier molecular flexibility index (Phi) is 7.09. The Morgan fingerprint density at radius 2 is 2.07 bits per heavy atom. The van der Waals surface area contributed by atoms with Crippen molar-refractivity contribution in [2.75, 3.05) is 33.2 Å². The molecule has 1 fully saturated rings. The quantitative estimate of drug-likeness (QED) is 0.596. The molecule has 2 N–H and O–H groups in total. The average Bonchev–Trinajstić information content (AvgIpc) is 3.02. The number of para-hydroxylation sites is 1. The molecule has 1 aliphatic rings. The summed E-state index contributed by atoms with van der Waals surface area (Å²) in [5.41, 5.74) is 4.48. The van der Waals surface area contributed by atoms with Crippen LogP contribution in [0.4, 0.5) is 0 Å². The molecule has 0 amide bonds. The van der Waals surface area contributed by atoms with Crippen molar-refractivity contribution in [1.82, 2.24) is 25.3 Å². The van der Waals surface area contributed by atoms with Crippen LogP contribution in [0, 0.1) is 19.8 Å². The Bertz CT molecular complexity index is 794. The minimum absolute atomic E-state index is 0.703. The van der Waals surface area contributed by atoms with Gasteiger partial charge < -0.3 is 15.5 Å². The van der Waals surface area contributed by atoms with E-state index in [1.807, 2.05) is 18.7 Å². The number of benzene rings is 1. The number of hydrogen-bond donors (Lipinski definition) is 2. The van der Waals surface area contributed by atoms with Gasteiger partial charge >= 0.3 is 0 Å². The van der Waals surface area contributed by atoms with Crippen LogP contribution in [0.3, 0.4) is 0 Å². The highest BCUT2D eigenvalue weighted by molar-refractivity contribution is 5.79. The number of rotatable bonds is 6. The predicted molar refractivity (Wildman–Crippen MR) is 116 cm³/mol. The molecule has 28 heavy (non-hydrogen) atoms. The molecule has 1 aromatic carbocycles. The molecule has 6 heteroatoms. The number of nitrogens with one attached hydrogen (secondary N) is 2. The molecule has 0 saturated carbocycles. The van der Waals surface area contributed by atoms with Gasteiger partial charge in [0, 0.05) is 38.9 Å². The van der Waals surface area contributed by atoms with Crippen LogP contribution >= 0.6 is 0 Å². The minimum Gasteiger partial charge on any atom is -0.355 e. The normalized spacial score (nSPS) is 18.3. The standard InChI is InChI=1S/C22H34N6/c1-17-8-7-12-27(16-17)13-11-24-22(23-4)25-15-20-9-5-6-10-21(20)28-19(3)14-18(2)26-28/h5-6,9-10,14,17H,7-8,11-13,15-16H2,1-4H3,(H2,23,24,25). The molecular weight excluding hydrogens is 348 g/mol. The third kappa shape index (κ3) is 5.35. The molecule has 0 aliphatic carbocycles. The zero-order chi connectivity index (χ0) is 19.9. The van der Waals surface area contributed by atoms with Crippen molar-refractivity contribution in [3.8, 4) is 5.69 Å². The first-order valence-corrected chi connectivity index (χ1v) is 10.3. The summed E-state index contributed by atoms with van der Waals surface area (Å²) in [5, 5.41) is 11.5. The van der Waals surface area contributed by atoms with Crippen molar-refractivity contribution < 1.29 is 0 Å². The van der Waals surface area contributed by atoms with E-state index in [0.29, 0.717) is 6.54 Å². The smallest absolute Gasteiger partial charge is 0.191 e. The Morgan fingerprint density at radius 3 is 2.79 bits per heavy atom. The van der Waals surface area contributed by atoms with E-state index in [2.05, 4.69) is 69.8 Å². The maximum atomic E-state index is 4.63. The second-order valence-electron chi connectivity index (χ2n) is 7.87. The number of hydrogen-bond acceptors (Lipinski definition) is 3. The lowest BCUT2D eigenvalue weighted by Crippen LogP contribution is -2.43. The van der Waals surface area contributed by atoms with Crippen LogP contribution in [-0.2, 0) is 6.54 Å². The third-order valence-electron chi connectivity index (χ3n) is 5.36. The molecule has 2 aromatic rings. The number of aromatic nitrogens is 2. The van der Waals surface area contributed by atoms with Crippen LogP contribution in [0.25, 0.3) is 5.69 Å². The van der Waals surface area contributed by atoms with Gasteiger partial charge in [-0.15, -0.1) is 0 Å². The van der Waals surface area contributed by atoms with Crippen LogP contribution in [0.1, 0.15) is 36.7 Å². The largest absolute Gasteiger partial charge is 0.355 e. The number of nitrogens with zero attached hydrogens (tertiary/aromatic N) is 4. The van der Waals surface area contributed by atoms with E-state index >= 15 is 0 Å². The molecule has 0 bridgehead atoms. The molecular formula is C22H34N6. The maximum Gasteiger partial charge on any atom is 0.191 e. The fourth-order valence-electron chi connectivity index (χ4n) is 3.96. The SMILES string of the molecule is CN=C(NCCN1CCCC(C)C1)NCc1ccccc1-n1nc(C)cc1C. The topological polar surface area (TPSA) is 57.5 Å². The zero-order valence-electron chi connectivity index (χ0n) is 17.7. The number of piperidine rings is 1. The average molecular weight is 383 g/mol. The second kappa shape index (κ2) is 9.73. The van der Waals surface area contributed by atoms with Crippen LogP contribution in [0.5, 0.6) is 0 Å². The summed E-state index contributed by atoms with van der Waals surface area (Å²) in [6.45, 7) is 11.6. The summed E-state index contributed by atoms with van der Waals surface area (Å²) in [4.78, 5) is 6.93. The summed E-state index contributed by atoms with van der Waals surface area (Å²) in [5.74, 6) is 1.66. The molecule has 3 rings (SSSR count). The molecule has 1 unspecified atom stereocenters. The maximum absolute atomic E-state index is 4.63. The third-order valence-corrected chi connectivity index (χ3v) is 5.36. The van der Waals surface area contributed by atoms with Gasteiger partial charge in [-0.2, -0.15) is 5.10 Å². The van der Waals surface area contributed by atoms with Gasteiger partial charge in [-0.1, -0.05) is 25.1 Å². The highest BCUT2D eigenvalue weighted by Crippen LogP contribution is 2.17. The van der Waals surface area contributed by atoms with Gasteiger partial charge in [0.2, 0.25) is 0 Å². The monoisotopic (exact) mass is 382 g/mol. The van der Waals surface area contributed by atoms with E-state index in [1.165, 1.54) is 31.5 Å². The number of aliphatic imine (C=N–C) groups is 1. The van der Waals surface area contributed by atoms with E-state index in [1.54, 1.807) is 0 Å². The van der Waals surface area contributed by atoms with Crippen molar-refractivity contribution in [3.63, 3.8) is 0 Å². The molecule has 152 valence electrons. The molecule has 0 spiro atoms.